The van der Waals surface area contributed by atoms with Crippen LogP contribution >= 0.6 is 31.9 Å². The Labute approximate surface area is 500 Å². The number of likely N-dealkylation sites (tertiary alicyclic amines) is 3. The molecular weight excluding hydrogens is 1200 g/mol. The predicted molar refractivity (Wildman–Crippen MR) is 316 cm³/mol. The molecule has 0 saturated carbocycles. The summed E-state index contributed by atoms with van der Waals surface area (Å²) in [5.41, 5.74) is 3.73. The first-order valence-corrected chi connectivity index (χ1v) is 29.4. The van der Waals surface area contributed by atoms with Gasteiger partial charge in [0, 0.05) is 41.9 Å². The van der Waals surface area contributed by atoms with Crippen molar-refractivity contribution >= 4 is 91.2 Å². The van der Waals surface area contributed by atoms with Crippen molar-refractivity contribution in [3.05, 3.63) is 119 Å². The van der Waals surface area contributed by atoms with Crippen LogP contribution in [0.1, 0.15) is 142 Å². The number of nitrogens with zero attached hydrogens (tertiary/aromatic N) is 3. The van der Waals surface area contributed by atoms with Crippen LogP contribution in [-0.2, 0) is 38.1 Å². The van der Waals surface area contributed by atoms with E-state index >= 15 is 0 Å². The highest BCUT2D eigenvalue weighted by atomic mass is 79.9. The second-order valence-electron chi connectivity index (χ2n) is 22.8. The smallest absolute Gasteiger partial charge is 0.411 e. The number of carbonyl (C=O) groups is 10. The first kappa shape index (κ1) is 66.5. The molecule has 0 bridgehead atoms. The number of halogens is 2. The van der Waals surface area contributed by atoms with Gasteiger partial charge in [0.15, 0.2) is 36.3 Å². The Balaban J connectivity index is 0.000000292. The van der Waals surface area contributed by atoms with Gasteiger partial charge in [-0.2, -0.15) is 0 Å². The monoisotopic (exact) mass is 1270 g/mol. The summed E-state index contributed by atoms with van der Waals surface area (Å²) in [6.07, 6.45) is 1.66. The molecule has 0 unspecified atom stereocenters. The molecule has 3 saturated heterocycles. The fourth-order valence-corrected chi connectivity index (χ4v) is 9.49. The molecule has 0 aliphatic carbocycles. The van der Waals surface area contributed by atoms with Crippen molar-refractivity contribution in [2.75, 3.05) is 43.5 Å². The van der Waals surface area contributed by atoms with Gasteiger partial charge in [0.25, 0.3) is 0 Å². The number of alkyl halides is 2. The van der Waals surface area contributed by atoms with Crippen molar-refractivity contribution in [1.82, 2.24) is 14.7 Å². The topological polar surface area (TPSA) is 247 Å². The molecule has 3 fully saturated rings. The molecule has 83 heavy (non-hydrogen) atoms. The van der Waals surface area contributed by atoms with Gasteiger partial charge in [0.2, 0.25) is 0 Å². The average molecular weight is 1280 g/mol. The van der Waals surface area contributed by atoms with E-state index < -0.39 is 84.3 Å². The van der Waals surface area contributed by atoms with Crippen LogP contribution < -0.4 is 0 Å². The van der Waals surface area contributed by atoms with Crippen molar-refractivity contribution in [1.29, 1.82) is 0 Å². The van der Waals surface area contributed by atoms with Gasteiger partial charge in [0.1, 0.15) is 34.9 Å². The molecule has 0 aromatic heterocycles. The van der Waals surface area contributed by atoms with Gasteiger partial charge < -0.3 is 28.8 Å². The molecule has 0 spiro atoms. The molecule has 3 amide bonds. The summed E-state index contributed by atoms with van der Waals surface area (Å²) in [6, 6.07) is 26.1. The van der Waals surface area contributed by atoms with Gasteiger partial charge in [-0.1, -0.05) is 129 Å². The quantitative estimate of drug-likeness (QED) is 0.0503. The lowest BCUT2D eigenvalue weighted by atomic mass is 10.0. The summed E-state index contributed by atoms with van der Waals surface area (Å²) in [5, 5.41) is 9.54. The Kier molecular flexibility index (Phi) is 23.9. The fraction of sp³-hybridized carbons (Fsp3) is 0.452. The van der Waals surface area contributed by atoms with Crippen LogP contribution in [-0.4, -0.2) is 158 Å². The van der Waals surface area contributed by atoms with E-state index in [9.17, 15) is 47.9 Å². The first-order chi connectivity index (χ1) is 39.0. The molecule has 4 aromatic carbocycles. The summed E-state index contributed by atoms with van der Waals surface area (Å²) in [7, 11) is 0. The van der Waals surface area contributed by atoms with Crippen LogP contribution in [0.15, 0.2) is 97.1 Å². The van der Waals surface area contributed by atoms with Crippen LogP contribution in [0.4, 0.5) is 14.4 Å². The maximum absolute atomic E-state index is 12.8. The van der Waals surface area contributed by atoms with Crippen molar-refractivity contribution in [2.24, 2.45) is 0 Å². The third-order valence-corrected chi connectivity index (χ3v) is 13.9. The maximum atomic E-state index is 12.8. The van der Waals surface area contributed by atoms with Crippen molar-refractivity contribution < 1.29 is 76.7 Å². The molecule has 21 heteroatoms. The van der Waals surface area contributed by atoms with Crippen molar-refractivity contribution in [2.45, 2.75) is 136 Å². The minimum atomic E-state index is -0.960. The van der Waals surface area contributed by atoms with Crippen LogP contribution in [0.5, 0.6) is 0 Å². The molecule has 446 valence electrons. The molecule has 0 radical (unpaired) electrons. The number of carboxylic acids is 1. The van der Waals surface area contributed by atoms with Crippen LogP contribution in [0.2, 0.25) is 0 Å². The number of hydrogen-bond acceptors (Lipinski definition) is 15. The molecule has 4 aromatic rings. The number of ketones is 4. The van der Waals surface area contributed by atoms with E-state index in [0.717, 1.165) is 28.7 Å². The van der Waals surface area contributed by atoms with Crippen LogP contribution in [0.25, 0.3) is 22.3 Å². The molecule has 3 heterocycles. The third kappa shape index (κ3) is 20.3. The molecule has 19 nitrogen and oxygen atoms in total. The zero-order chi connectivity index (χ0) is 61.4. The molecule has 3 aliphatic rings. The summed E-state index contributed by atoms with van der Waals surface area (Å²) >= 11 is 6.32. The highest BCUT2D eigenvalue weighted by Gasteiger charge is 2.40. The average Bonchev–Trinajstić information content (AvgIpc) is 4.50. The standard InChI is InChI=1S/C36H44N2O10.C16H12Br2O2.C10H17NO4/c1-35(2,3)47-33(43)37-19-7-9-27(37)31(41)45-21-29(39)25-15-11-23(12-16-25)24-13-17-26(18-14-24)30(40)22-46-32(42)28-10-8-20-38(28)34(44)48-36(4,5)6;17-9-15(19)13-5-1-11(2-6-13)12-3-7-14(8-4-12)16(20)10-18;1-10(2,3)15-9(14)11-6-4-5-7(11)8(12)13/h11-18,27-28H,7-10,19-22H2,1-6H3;1-8H,9-10H2;7H,4-6H2,1-3H3,(H,12,13)/t27-,28-;;7-/m0.0/s1. The van der Waals surface area contributed by atoms with Gasteiger partial charge in [-0.15, -0.1) is 0 Å². The van der Waals surface area contributed by atoms with E-state index in [1.807, 2.05) is 48.5 Å². The molecule has 7 rings (SSSR count). The number of carbonyl (C=O) groups excluding carboxylic acids is 9. The number of carboxylic acid groups (broad SMARTS) is 1. The number of amides is 3. The number of Topliss-reactive ketones (excluding diaryl/α,β-unsaturated/α-hetero) is 4. The summed E-state index contributed by atoms with van der Waals surface area (Å²) in [4.78, 5) is 125. The first-order valence-electron chi connectivity index (χ1n) is 27.2. The lowest BCUT2D eigenvalue weighted by Crippen LogP contribution is -2.44. The van der Waals surface area contributed by atoms with Gasteiger partial charge >= 0.3 is 36.2 Å². The number of benzene rings is 4. The van der Waals surface area contributed by atoms with Crippen LogP contribution in [0.3, 0.4) is 0 Å². The molecule has 1 N–H and O–H groups in total. The molecular formula is C62H73Br2N3O16. The van der Waals surface area contributed by atoms with E-state index in [1.54, 1.807) is 111 Å². The lowest BCUT2D eigenvalue weighted by molar-refractivity contribution is -0.148. The molecule has 3 aliphatic heterocycles. The Morgan fingerprint density at radius 2 is 0.651 bits per heavy atom. The zero-order valence-electron chi connectivity index (χ0n) is 48.3. The Bertz CT molecular complexity index is 2790. The van der Waals surface area contributed by atoms with E-state index in [2.05, 4.69) is 31.9 Å². The highest BCUT2D eigenvalue weighted by molar-refractivity contribution is 9.09. The fourth-order valence-electron chi connectivity index (χ4n) is 8.85. The van der Waals surface area contributed by atoms with Crippen LogP contribution in [0, 0.1) is 0 Å². The number of ether oxygens (including phenoxy) is 5. The van der Waals surface area contributed by atoms with E-state index in [1.165, 1.54) is 14.7 Å². The lowest BCUT2D eigenvalue weighted by Gasteiger charge is -2.27. The van der Waals surface area contributed by atoms with E-state index in [4.69, 9.17) is 28.8 Å². The normalized spacial score (nSPS) is 16.7. The Hall–Kier alpha value is -7.26. The Morgan fingerprint density at radius 1 is 0.410 bits per heavy atom. The van der Waals surface area contributed by atoms with Gasteiger partial charge in [-0.05, 0) is 123 Å². The highest BCUT2D eigenvalue weighted by Crippen LogP contribution is 2.27. The van der Waals surface area contributed by atoms with Gasteiger partial charge in [0.05, 0.1) is 10.7 Å². The van der Waals surface area contributed by atoms with Gasteiger partial charge in [-0.25, -0.2) is 28.8 Å². The predicted octanol–water partition coefficient (Wildman–Crippen LogP) is 11.6. The molecule has 3 atom stereocenters. The maximum Gasteiger partial charge on any atom is 0.411 e. The SMILES string of the molecule is CC(C)(C)OC(=O)N1CCC[C@H]1C(=O)O.CC(C)(C)OC(=O)N1CCC[C@H]1C(=O)OCC(=O)c1ccc(-c2ccc(C(=O)COC(=O)[C@@H]3CCCN3C(=O)OC(C)(C)C)cc2)cc1.O=C(CBr)c1ccc(-c2ccc(C(=O)CBr)cc2)cc1. The summed E-state index contributed by atoms with van der Waals surface area (Å²) in [5.74, 6) is -2.90. The second kappa shape index (κ2) is 29.8. The van der Waals surface area contributed by atoms with Gasteiger partial charge in [-0.3, -0.25) is 33.9 Å². The number of esters is 2. The number of rotatable bonds is 15. The second-order valence-corrected chi connectivity index (χ2v) is 23.9. The van der Waals surface area contributed by atoms with Crippen molar-refractivity contribution in [3.63, 3.8) is 0 Å². The summed E-state index contributed by atoms with van der Waals surface area (Å²) < 4.78 is 26.4. The minimum absolute atomic E-state index is 0.0646. The Morgan fingerprint density at radius 3 is 0.892 bits per heavy atom. The van der Waals surface area contributed by atoms with E-state index in [0.29, 0.717) is 84.7 Å². The zero-order valence-corrected chi connectivity index (χ0v) is 51.5. The van der Waals surface area contributed by atoms with Crippen molar-refractivity contribution in [3.8, 4) is 22.3 Å². The third-order valence-electron chi connectivity index (χ3n) is 12.9. The number of hydrogen-bond donors (Lipinski definition) is 1. The minimum Gasteiger partial charge on any atom is -0.480 e. The number of aliphatic carboxylic acids is 1. The summed E-state index contributed by atoms with van der Waals surface area (Å²) in [6.45, 7) is 16.1. The largest absolute Gasteiger partial charge is 0.480 e. The van der Waals surface area contributed by atoms with E-state index in [-0.39, 0.29) is 23.1 Å².